The van der Waals surface area contributed by atoms with E-state index in [0.717, 1.165) is 6.42 Å². The van der Waals surface area contributed by atoms with Gasteiger partial charge in [0.1, 0.15) is 16.4 Å². The summed E-state index contributed by atoms with van der Waals surface area (Å²) in [5.74, 6) is 0.560. The Kier molecular flexibility index (Phi) is 6.34. The van der Waals surface area contributed by atoms with E-state index in [1.807, 2.05) is 6.92 Å². The second kappa shape index (κ2) is 7.92. The summed E-state index contributed by atoms with van der Waals surface area (Å²) in [4.78, 5) is 0.0243. The average Bonchev–Trinajstić information content (AvgIpc) is 2.93. The Morgan fingerprint density at radius 2 is 1.96 bits per heavy atom. The summed E-state index contributed by atoms with van der Waals surface area (Å²) in [7, 11) is -4.20. The van der Waals surface area contributed by atoms with E-state index in [-0.39, 0.29) is 28.7 Å². The van der Waals surface area contributed by atoms with Crippen LogP contribution >= 0.6 is 0 Å². The van der Waals surface area contributed by atoms with Gasteiger partial charge in [0.25, 0.3) is 0 Å². The molecule has 1 aromatic rings. The van der Waals surface area contributed by atoms with Crippen LogP contribution in [0, 0.1) is 0 Å². The zero-order valence-electron chi connectivity index (χ0n) is 14.8. The molecule has 1 atom stereocenters. The first-order valence-electron chi connectivity index (χ1n) is 8.19. The SMILES string of the molecule is CCCCN([C@@H]1CCS(=O)(=O)C1)S(=O)(=O)c1ccc(OC)cc1OC. The first kappa shape index (κ1) is 20.0. The quantitative estimate of drug-likeness (QED) is 0.670. The number of rotatable bonds is 8. The summed E-state index contributed by atoms with van der Waals surface area (Å²) in [5, 5.41) is 0. The molecule has 0 radical (unpaired) electrons. The maximum absolute atomic E-state index is 13.2. The minimum Gasteiger partial charge on any atom is -0.497 e. The van der Waals surface area contributed by atoms with Crippen molar-refractivity contribution in [1.82, 2.24) is 4.31 Å². The van der Waals surface area contributed by atoms with Crippen molar-refractivity contribution >= 4 is 19.9 Å². The van der Waals surface area contributed by atoms with Crippen molar-refractivity contribution < 1.29 is 26.3 Å². The zero-order valence-corrected chi connectivity index (χ0v) is 16.4. The van der Waals surface area contributed by atoms with Gasteiger partial charge in [-0.15, -0.1) is 0 Å². The number of sulfonamides is 1. The smallest absolute Gasteiger partial charge is 0.247 e. The standard InChI is InChI=1S/C16H25NO6S2/c1-4-5-9-17(13-8-10-24(18,19)12-13)25(20,21)16-7-6-14(22-2)11-15(16)23-3/h6-7,11,13H,4-5,8-10,12H2,1-3H3/t13-/m1/s1. The maximum atomic E-state index is 13.2. The summed E-state index contributed by atoms with van der Waals surface area (Å²) in [6.07, 6.45) is 1.79. The number of sulfone groups is 1. The summed E-state index contributed by atoms with van der Waals surface area (Å²) < 4.78 is 61.8. The molecule has 1 aliphatic heterocycles. The van der Waals surface area contributed by atoms with E-state index in [4.69, 9.17) is 9.47 Å². The fraction of sp³-hybridized carbons (Fsp3) is 0.625. The number of methoxy groups -OCH3 is 2. The van der Waals surface area contributed by atoms with Gasteiger partial charge in [-0.25, -0.2) is 16.8 Å². The van der Waals surface area contributed by atoms with E-state index >= 15 is 0 Å². The van der Waals surface area contributed by atoms with E-state index in [9.17, 15) is 16.8 Å². The number of nitrogens with zero attached hydrogens (tertiary/aromatic N) is 1. The van der Waals surface area contributed by atoms with Crippen LogP contribution in [0.5, 0.6) is 11.5 Å². The van der Waals surface area contributed by atoms with Crippen molar-refractivity contribution in [2.75, 3.05) is 32.3 Å². The van der Waals surface area contributed by atoms with Gasteiger partial charge in [-0.1, -0.05) is 13.3 Å². The molecule has 1 aromatic carbocycles. The van der Waals surface area contributed by atoms with Gasteiger partial charge >= 0.3 is 0 Å². The van der Waals surface area contributed by atoms with Crippen LogP contribution in [-0.2, 0) is 19.9 Å². The number of ether oxygens (including phenoxy) is 2. The van der Waals surface area contributed by atoms with Gasteiger partial charge < -0.3 is 9.47 Å². The Morgan fingerprint density at radius 1 is 1.24 bits per heavy atom. The van der Waals surface area contributed by atoms with Gasteiger partial charge in [0.05, 0.1) is 25.7 Å². The van der Waals surface area contributed by atoms with Crippen LogP contribution in [0.2, 0.25) is 0 Å². The van der Waals surface area contributed by atoms with Gasteiger partial charge in [0, 0.05) is 18.7 Å². The summed E-state index contributed by atoms with van der Waals surface area (Å²) in [6.45, 7) is 2.25. The Hall–Kier alpha value is -1.32. The molecule has 0 spiro atoms. The van der Waals surface area contributed by atoms with Gasteiger partial charge in [0.15, 0.2) is 9.84 Å². The monoisotopic (exact) mass is 391 g/mol. The molecule has 0 N–H and O–H groups in total. The Labute approximate surface area is 149 Å². The lowest BCUT2D eigenvalue weighted by Gasteiger charge is -2.28. The molecule has 2 rings (SSSR count). The largest absolute Gasteiger partial charge is 0.497 e. The molecule has 1 aliphatic rings. The van der Waals surface area contributed by atoms with Crippen molar-refractivity contribution in [3.05, 3.63) is 18.2 Å². The fourth-order valence-corrected chi connectivity index (χ4v) is 6.59. The van der Waals surface area contributed by atoms with Crippen molar-refractivity contribution in [2.45, 2.75) is 37.1 Å². The molecule has 0 amide bonds. The van der Waals surface area contributed by atoms with Gasteiger partial charge in [0.2, 0.25) is 10.0 Å². The molecule has 25 heavy (non-hydrogen) atoms. The molecule has 142 valence electrons. The second-order valence-corrected chi connectivity index (χ2v) is 10.1. The first-order chi connectivity index (χ1) is 11.7. The normalized spacial score (nSPS) is 19.9. The molecule has 1 heterocycles. The topological polar surface area (TPSA) is 90.0 Å². The lowest BCUT2D eigenvalue weighted by Crippen LogP contribution is -2.41. The Morgan fingerprint density at radius 3 is 2.48 bits per heavy atom. The van der Waals surface area contributed by atoms with E-state index in [1.54, 1.807) is 6.07 Å². The highest BCUT2D eigenvalue weighted by molar-refractivity contribution is 7.92. The summed E-state index contributed by atoms with van der Waals surface area (Å²) >= 11 is 0. The lowest BCUT2D eigenvalue weighted by atomic mass is 10.2. The lowest BCUT2D eigenvalue weighted by molar-refractivity contribution is 0.331. The first-order valence-corrected chi connectivity index (χ1v) is 11.5. The molecule has 0 aromatic heterocycles. The molecule has 0 aliphatic carbocycles. The highest BCUT2D eigenvalue weighted by Crippen LogP contribution is 2.33. The molecular formula is C16H25NO6S2. The Balaban J connectivity index is 2.44. The molecule has 7 nitrogen and oxygen atoms in total. The number of benzene rings is 1. The minimum atomic E-state index is -3.89. The van der Waals surface area contributed by atoms with Crippen LogP contribution < -0.4 is 9.47 Å². The van der Waals surface area contributed by atoms with E-state index in [1.165, 1.54) is 30.7 Å². The van der Waals surface area contributed by atoms with Crippen LogP contribution in [0.1, 0.15) is 26.2 Å². The third-order valence-corrected chi connectivity index (χ3v) is 8.05. The van der Waals surface area contributed by atoms with E-state index in [2.05, 4.69) is 0 Å². The number of hydrogen-bond acceptors (Lipinski definition) is 6. The van der Waals surface area contributed by atoms with E-state index < -0.39 is 25.9 Å². The Bertz CT molecular complexity index is 804. The molecule has 0 bridgehead atoms. The number of unbranched alkanes of at least 4 members (excludes halogenated alkanes) is 1. The van der Waals surface area contributed by atoms with Crippen LogP contribution in [0.3, 0.4) is 0 Å². The van der Waals surface area contributed by atoms with Crippen LogP contribution in [-0.4, -0.2) is 59.5 Å². The predicted molar refractivity (Wildman–Crippen MR) is 95.4 cm³/mol. The fourth-order valence-electron chi connectivity index (χ4n) is 2.93. The van der Waals surface area contributed by atoms with Gasteiger partial charge in [-0.05, 0) is 25.0 Å². The average molecular weight is 392 g/mol. The number of hydrogen-bond donors (Lipinski definition) is 0. The molecule has 1 fully saturated rings. The maximum Gasteiger partial charge on any atom is 0.247 e. The van der Waals surface area contributed by atoms with Crippen molar-refractivity contribution in [2.24, 2.45) is 0 Å². The summed E-state index contributed by atoms with van der Waals surface area (Å²) in [6, 6.07) is 3.97. The molecule has 0 unspecified atom stereocenters. The minimum absolute atomic E-state index is 0.0234. The summed E-state index contributed by atoms with van der Waals surface area (Å²) in [5.41, 5.74) is 0. The van der Waals surface area contributed by atoms with Crippen molar-refractivity contribution in [3.63, 3.8) is 0 Å². The predicted octanol–water partition coefficient (Wildman–Crippen LogP) is 1.68. The van der Waals surface area contributed by atoms with Crippen molar-refractivity contribution in [3.8, 4) is 11.5 Å². The van der Waals surface area contributed by atoms with Gasteiger partial charge in [-0.3, -0.25) is 0 Å². The van der Waals surface area contributed by atoms with Gasteiger partial charge in [-0.2, -0.15) is 4.31 Å². The molecule has 1 saturated heterocycles. The zero-order chi connectivity index (χ0) is 18.7. The van der Waals surface area contributed by atoms with E-state index in [0.29, 0.717) is 18.6 Å². The second-order valence-electron chi connectivity index (χ2n) is 6.04. The van der Waals surface area contributed by atoms with Crippen LogP contribution in [0.4, 0.5) is 0 Å². The van der Waals surface area contributed by atoms with Crippen LogP contribution in [0.25, 0.3) is 0 Å². The third kappa shape index (κ3) is 4.45. The highest BCUT2D eigenvalue weighted by atomic mass is 32.2. The third-order valence-electron chi connectivity index (χ3n) is 4.31. The molecule has 0 saturated carbocycles. The molecule has 9 heteroatoms. The van der Waals surface area contributed by atoms with Crippen molar-refractivity contribution in [1.29, 1.82) is 0 Å². The van der Waals surface area contributed by atoms with Crippen LogP contribution in [0.15, 0.2) is 23.1 Å². The molecular weight excluding hydrogens is 366 g/mol. The highest BCUT2D eigenvalue weighted by Gasteiger charge is 2.39.